The van der Waals surface area contributed by atoms with E-state index in [4.69, 9.17) is 22.1 Å². The van der Waals surface area contributed by atoms with Gasteiger partial charge in [-0.2, -0.15) is 4.98 Å². The molecule has 0 fully saturated rings. The van der Waals surface area contributed by atoms with Crippen LogP contribution < -0.4 is 26.5 Å². The predicted molar refractivity (Wildman–Crippen MR) is 129 cm³/mol. The first-order valence-electron chi connectivity index (χ1n) is 10.3. The Hall–Kier alpha value is -3.48. The summed E-state index contributed by atoms with van der Waals surface area (Å²) in [4.78, 5) is 30.3. The van der Waals surface area contributed by atoms with Gasteiger partial charge in [0.15, 0.2) is 11.2 Å². The van der Waals surface area contributed by atoms with Crippen LogP contribution in [-0.4, -0.2) is 31.6 Å². The quantitative estimate of drug-likeness (QED) is 0.379. The molecule has 2 aromatic carbocycles. The normalized spacial score (nSPS) is 11.4. The molecule has 192 valence electrons. The Morgan fingerprint density at radius 2 is 1.72 bits per heavy atom. The van der Waals surface area contributed by atoms with Crippen molar-refractivity contribution < 1.29 is 22.6 Å². The van der Waals surface area contributed by atoms with Gasteiger partial charge < -0.3 is 15.2 Å². The van der Waals surface area contributed by atoms with Crippen molar-refractivity contribution in [2.24, 2.45) is 12.8 Å². The van der Waals surface area contributed by atoms with Gasteiger partial charge in [-0.05, 0) is 29.8 Å². The Morgan fingerprint density at radius 3 is 2.36 bits per heavy atom. The first kappa shape index (κ1) is 27.1. The zero-order valence-corrected chi connectivity index (χ0v) is 20.2. The van der Waals surface area contributed by atoms with Gasteiger partial charge in [-0.15, -0.1) is 25.6 Å². The summed E-state index contributed by atoms with van der Waals surface area (Å²) in [6.07, 6.45) is -4.88. The average Bonchev–Trinajstić information content (AvgIpc) is 3.14. The molecule has 0 aliphatic heterocycles. The Labute approximate surface area is 212 Å². The number of halogens is 5. The smallest absolute Gasteiger partial charge is 0.425 e. The number of aromatic nitrogens is 4. The molecule has 0 amide bonds. The van der Waals surface area contributed by atoms with Crippen molar-refractivity contribution in [3.05, 3.63) is 80.0 Å². The minimum Gasteiger partial charge on any atom is -0.425 e. The second-order valence-electron chi connectivity index (χ2n) is 7.49. The van der Waals surface area contributed by atoms with Crippen molar-refractivity contribution in [3.8, 4) is 17.5 Å². The number of aryl methyl sites for hydroxylation is 1. The van der Waals surface area contributed by atoms with Gasteiger partial charge in [-0.25, -0.2) is 4.79 Å². The number of rotatable bonds is 7. The van der Waals surface area contributed by atoms with Gasteiger partial charge in [0.2, 0.25) is 0 Å². The largest absolute Gasteiger partial charge is 0.573 e. The van der Waals surface area contributed by atoms with E-state index in [2.05, 4.69) is 9.72 Å². The number of fused-ring (bicyclic) bond motifs is 1. The van der Waals surface area contributed by atoms with Crippen molar-refractivity contribution in [2.75, 3.05) is 6.54 Å². The lowest BCUT2D eigenvalue weighted by Gasteiger charge is -2.12. The molecule has 0 atom stereocenters. The molecule has 0 saturated heterocycles. The molecule has 9 nitrogen and oxygen atoms in total. The topological polar surface area (TPSA) is 106 Å². The molecule has 4 rings (SSSR count). The Kier molecular flexibility index (Phi) is 8.02. The molecule has 36 heavy (non-hydrogen) atoms. The lowest BCUT2D eigenvalue weighted by atomic mass is 10.2. The maximum atomic E-state index is 13.2. The second kappa shape index (κ2) is 10.6. The highest BCUT2D eigenvalue weighted by Gasteiger charge is 2.31. The molecule has 2 heterocycles. The van der Waals surface area contributed by atoms with E-state index in [1.54, 1.807) is 24.3 Å². The van der Waals surface area contributed by atoms with Gasteiger partial charge in [0, 0.05) is 31.2 Å². The van der Waals surface area contributed by atoms with Gasteiger partial charge in [-0.1, -0.05) is 29.8 Å². The van der Waals surface area contributed by atoms with E-state index >= 15 is 0 Å². The minimum absolute atomic E-state index is 0. The highest BCUT2D eigenvalue weighted by Crippen LogP contribution is 2.30. The fourth-order valence-electron chi connectivity index (χ4n) is 3.52. The first-order chi connectivity index (χ1) is 16.6. The zero-order chi connectivity index (χ0) is 25.3. The number of imidazole rings is 1. The monoisotopic (exact) mass is 545 g/mol. The van der Waals surface area contributed by atoms with Gasteiger partial charge >= 0.3 is 18.1 Å². The molecule has 2 aromatic heterocycles. The van der Waals surface area contributed by atoms with Crippen LogP contribution in [0.2, 0.25) is 5.02 Å². The molecular weight excluding hydrogens is 526 g/mol. The summed E-state index contributed by atoms with van der Waals surface area (Å²) in [6, 6.07) is 11.5. The SMILES string of the molecule is Cl.Cn1c(=O)n(CCN)c(=O)c2c1nc(Oc1cccc(OC(F)(F)F)c1)n2Cc1ccc(Cl)cc1. The summed E-state index contributed by atoms with van der Waals surface area (Å²) < 4.78 is 51.2. The van der Waals surface area contributed by atoms with E-state index in [1.165, 1.54) is 28.3 Å². The molecule has 14 heteroatoms. The number of ether oxygens (including phenoxy) is 2. The minimum atomic E-state index is -4.88. The van der Waals surface area contributed by atoms with E-state index in [-0.39, 0.29) is 55.0 Å². The highest BCUT2D eigenvalue weighted by molar-refractivity contribution is 6.30. The second-order valence-corrected chi connectivity index (χ2v) is 7.93. The van der Waals surface area contributed by atoms with Crippen LogP contribution in [0, 0.1) is 0 Å². The van der Waals surface area contributed by atoms with Gasteiger partial charge in [0.25, 0.3) is 5.56 Å². The summed E-state index contributed by atoms with van der Waals surface area (Å²) >= 11 is 5.97. The lowest BCUT2D eigenvalue weighted by Crippen LogP contribution is -2.41. The summed E-state index contributed by atoms with van der Waals surface area (Å²) in [5.41, 5.74) is 5.17. The van der Waals surface area contributed by atoms with Crippen LogP contribution in [0.15, 0.2) is 58.1 Å². The summed E-state index contributed by atoms with van der Waals surface area (Å²) in [6.45, 7) is 0.139. The summed E-state index contributed by atoms with van der Waals surface area (Å²) in [7, 11) is 1.44. The van der Waals surface area contributed by atoms with Crippen LogP contribution in [0.25, 0.3) is 11.2 Å². The Bertz CT molecular complexity index is 1500. The third-order valence-corrected chi connectivity index (χ3v) is 5.30. The van der Waals surface area contributed by atoms with Crippen LogP contribution in [0.1, 0.15) is 5.56 Å². The van der Waals surface area contributed by atoms with Crippen molar-refractivity contribution in [1.82, 2.24) is 18.7 Å². The summed E-state index contributed by atoms with van der Waals surface area (Å²) in [5.74, 6) is -0.514. The number of hydrogen-bond donors (Lipinski definition) is 1. The van der Waals surface area contributed by atoms with Crippen molar-refractivity contribution in [3.63, 3.8) is 0 Å². The molecule has 2 N–H and O–H groups in total. The third-order valence-electron chi connectivity index (χ3n) is 5.05. The fraction of sp³-hybridized carbons (Fsp3) is 0.227. The van der Waals surface area contributed by atoms with Gasteiger partial charge in [0.1, 0.15) is 11.5 Å². The number of hydrogen-bond acceptors (Lipinski definition) is 6. The summed E-state index contributed by atoms with van der Waals surface area (Å²) in [5, 5.41) is 0.509. The van der Waals surface area contributed by atoms with Crippen molar-refractivity contribution in [2.45, 2.75) is 19.5 Å². The number of nitrogens with two attached hydrogens (primary N) is 1. The molecule has 4 aromatic rings. The fourth-order valence-corrected chi connectivity index (χ4v) is 3.64. The maximum absolute atomic E-state index is 13.2. The van der Waals surface area contributed by atoms with E-state index in [0.29, 0.717) is 5.02 Å². The van der Waals surface area contributed by atoms with Crippen molar-refractivity contribution in [1.29, 1.82) is 0 Å². The highest BCUT2D eigenvalue weighted by atomic mass is 35.5. The Balaban J connectivity index is 0.00000361. The molecule has 0 aliphatic rings. The average molecular weight is 546 g/mol. The van der Waals surface area contributed by atoms with Crippen LogP contribution in [0.3, 0.4) is 0 Å². The van der Waals surface area contributed by atoms with E-state index in [1.807, 2.05) is 0 Å². The molecule has 0 aliphatic carbocycles. The number of benzene rings is 2. The zero-order valence-electron chi connectivity index (χ0n) is 18.7. The standard InChI is InChI=1S/C22H19ClF3N5O4.ClH/c1-29-18-17(19(32)30(10-9-27)21(29)33)31(12-13-5-7-14(23)8-6-13)20(28-18)34-15-3-2-4-16(11-15)35-22(24,25)26;/h2-8,11H,9-10,12,27H2,1H3;1H. The maximum Gasteiger partial charge on any atom is 0.573 e. The van der Waals surface area contributed by atoms with Crippen LogP contribution in [0.5, 0.6) is 17.5 Å². The first-order valence-corrected chi connectivity index (χ1v) is 10.6. The van der Waals surface area contributed by atoms with Crippen LogP contribution >= 0.6 is 24.0 Å². The molecule has 0 saturated carbocycles. The predicted octanol–water partition coefficient (Wildman–Crippen LogP) is 3.67. The number of nitrogens with zero attached hydrogens (tertiary/aromatic N) is 4. The molecule has 0 spiro atoms. The van der Waals surface area contributed by atoms with Crippen molar-refractivity contribution >= 4 is 35.2 Å². The van der Waals surface area contributed by atoms with E-state index < -0.39 is 23.4 Å². The molecule has 0 radical (unpaired) electrons. The molecule has 0 unspecified atom stereocenters. The van der Waals surface area contributed by atoms with Crippen LogP contribution in [0.4, 0.5) is 13.2 Å². The van der Waals surface area contributed by atoms with E-state index in [0.717, 1.165) is 22.3 Å². The van der Waals surface area contributed by atoms with Gasteiger partial charge in [-0.3, -0.25) is 18.5 Å². The van der Waals surface area contributed by atoms with Gasteiger partial charge in [0.05, 0.1) is 6.54 Å². The van der Waals surface area contributed by atoms with Crippen LogP contribution in [-0.2, 0) is 20.1 Å². The third kappa shape index (κ3) is 5.66. The lowest BCUT2D eigenvalue weighted by molar-refractivity contribution is -0.274. The molecule has 0 bridgehead atoms. The van der Waals surface area contributed by atoms with E-state index in [9.17, 15) is 22.8 Å². The molecular formula is C22H20Cl2F3N5O4. The number of alkyl halides is 3. The Morgan fingerprint density at radius 1 is 1.06 bits per heavy atom.